The van der Waals surface area contributed by atoms with Crippen LogP contribution in [0.1, 0.15) is 5.56 Å². The fourth-order valence-corrected chi connectivity index (χ4v) is 3.98. The highest BCUT2D eigenvalue weighted by molar-refractivity contribution is 7.92. The van der Waals surface area contributed by atoms with Gasteiger partial charge in [-0.1, -0.05) is 54.1 Å². The van der Waals surface area contributed by atoms with Crippen molar-refractivity contribution in [2.24, 2.45) is 0 Å². The van der Waals surface area contributed by atoms with Crippen LogP contribution in [-0.4, -0.2) is 19.9 Å². The average molecular weight is 388 g/mol. The fourth-order valence-electron chi connectivity index (χ4n) is 2.41. The molecule has 2 N–H and O–H groups in total. The first-order valence-corrected chi connectivity index (χ1v) is 9.92. The fraction of sp³-hybridized carbons (Fsp3) is 0.105. The van der Waals surface area contributed by atoms with Crippen molar-refractivity contribution in [2.75, 3.05) is 16.6 Å². The highest BCUT2D eigenvalue weighted by atomic mass is 35.5. The molecule has 3 rings (SSSR count). The lowest BCUT2D eigenvalue weighted by Crippen LogP contribution is -2.14. The van der Waals surface area contributed by atoms with E-state index in [1.54, 1.807) is 24.3 Å². The number of hydrogen-bond donors (Lipinski definition) is 2. The van der Waals surface area contributed by atoms with Crippen molar-refractivity contribution in [2.45, 2.75) is 11.3 Å². The van der Waals surface area contributed by atoms with Gasteiger partial charge in [0.05, 0.1) is 16.9 Å². The third-order valence-electron chi connectivity index (χ3n) is 3.70. The molecule has 0 fully saturated rings. The molecule has 2 aromatic carbocycles. The van der Waals surface area contributed by atoms with Gasteiger partial charge >= 0.3 is 0 Å². The van der Waals surface area contributed by atoms with E-state index >= 15 is 0 Å². The Bertz CT molecular complexity index is 962. The zero-order valence-corrected chi connectivity index (χ0v) is 15.5. The van der Waals surface area contributed by atoms with E-state index < -0.39 is 10.0 Å². The second-order valence-corrected chi connectivity index (χ2v) is 7.69. The molecule has 3 aromatic rings. The summed E-state index contributed by atoms with van der Waals surface area (Å²) in [6, 6.07) is 19.8. The minimum Gasteiger partial charge on any atom is -0.370 e. The Morgan fingerprint density at radius 1 is 0.923 bits per heavy atom. The summed E-state index contributed by atoms with van der Waals surface area (Å²) in [7, 11) is -3.75. The van der Waals surface area contributed by atoms with Crippen LogP contribution in [0.15, 0.2) is 77.8 Å². The lowest BCUT2D eigenvalue weighted by molar-refractivity contribution is 0.601. The highest BCUT2D eigenvalue weighted by Crippen LogP contribution is 2.23. The van der Waals surface area contributed by atoms with Crippen LogP contribution in [0.5, 0.6) is 0 Å². The van der Waals surface area contributed by atoms with E-state index in [4.69, 9.17) is 11.6 Å². The summed E-state index contributed by atoms with van der Waals surface area (Å²) in [5.41, 5.74) is 1.61. The van der Waals surface area contributed by atoms with Crippen LogP contribution in [0.2, 0.25) is 5.02 Å². The smallest absolute Gasteiger partial charge is 0.263 e. The first-order valence-electron chi connectivity index (χ1n) is 8.06. The zero-order valence-electron chi connectivity index (χ0n) is 13.9. The van der Waals surface area contributed by atoms with Gasteiger partial charge in [-0.15, -0.1) is 0 Å². The number of benzene rings is 2. The van der Waals surface area contributed by atoms with Crippen LogP contribution in [-0.2, 0) is 16.4 Å². The summed E-state index contributed by atoms with van der Waals surface area (Å²) < 4.78 is 27.3. The molecule has 0 atom stereocenters. The molecule has 1 aromatic heterocycles. The summed E-state index contributed by atoms with van der Waals surface area (Å²) in [6.07, 6.45) is 2.35. The molecule has 5 nitrogen and oxygen atoms in total. The molecular weight excluding hydrogens is 370 g/mol. The molecule has 0 saturated carbocycles. The molecule has 0 saturated heterocycles. The van der Waals surface area contributed by atoms with E-state index in [-0.39, 0.29) is 9.92 Å². The third kappa shape index (κ3) is 4.74. The molecule has 0 spiro atoms. The van der Waals surface area contributed by atoms with Gasteiger partial charge in [0.15, 0.2) is 0 Å². The maximum Gasteiger partial charge on any atom is 0.263 e. The number of anilines is 2. The van der Waals surface area contributed by atoms with Gasteiger partial charge < -0.3 is 5.32 Å². The maximum atomic E-state index is 12.4. The summed E-state index contributed by atoms with van der Waals surface area (Å²) in [5.74, 6) is 0.682. The van der Waals surface area contributed by atoms with Crippen LogP contribution >= 0.6 is 11.6 Å². The Balaban J connectivity index is 1.60. The van der Waals surface area contributed by atoms with Gasteiger partial charge in [0.25, 0.3) is 10.0 Å². The van der Waals surface area contributed by atoms with Crippen molar-refractivity contribution in [1.29, 1.82) is 0 Å². The highest BCUT2D eigenvalue weighted by Gasteiger charge is 2.17. The lowest BCUT2D eigenvalue weighted by Gasteiger charge is -2.10. The molecule has 0 aliphatic carbocycles. The van der Waals surface area contributed by atoms with Gasteiger partial charge in [-0.2, -0.15) is 0 Å². The molecular formula is C19H18ClN3O2S. The minimum absolute atomic E-state index is 0.0340. The predicted molar refractivity (Wildman–Crippen MR) is 105 cm³/mol. The van der Waals surface area contributed by atoms with E-state index in [1.807, 2.05) is 18.2 Å². The number of nitrogens with zero attached hydrogens (tertiary/aromatic N) is 1. The molecule has 134 valence electrons. The largest absolute Gasteiger partial charge is 0.370 e. The number of sulfonamides is 1. The summed E-state index contributed by atoms with van der Waals surface area (Å²) in [5, 5.41) is 3.39. The van der Waals surface area contributed by atoms with E-state index in [2.05, 4.69) is 27.2 Å². The minimum atomic E-state index is -3.75. The molecule has 0 aliphatic heterocycles. The van der Waals surface area contributed by atoms with Gasteiger partial charge in [0, 0.05) is 6.54 Å². The van der Waals surface area contributed by atoms with E-state index in [0.717, 1.165) is 13.0 Å². The van der Waals surface area contributed by atoms with Crippen molar-refractivity contribution >= 4 is 33.1 Å². The topological polar surface area (TPSA) is 71.1 Å². The molecule has 0 bridgehead atoms. The van der Waals surface area contributed by atoms with Gasteiger partial charge in [0.2, 0.25) is 0 Å². The Labute approximate surface area is 158 Å². The monoisotopic (exact) mass is 387 g/mol. The lowest BCUT2D eigenvalue weighted by atomic mass is 10.1. The Hall–Kier alpha value is -2.57. The first-order chi connectivity index (χ1) is 12.5. The Morgan fingerprint density at radius 3 is 2.35 bits per heavy atom. The predicted octanol–water partition coefficient (Wildman–Crippen LogP) is 4.19. The van der Waals surface area contributed by atoms with Gasteiger partial charge in [-0.3, -0.25) is 4.72 Å². The van der Waals surface area contributed by atoms with Gasteiger partial charge in [-0.05, 0) is 36.2 Å². The van der Waals surface area contributed by atoms with Gasteiger partial charge in [-0.25, -0.2) is 13.4 Å². The second kappa shape index (κ2) is 8.21. The van der Waals surface area contributed by atoms with Crippen molar-refractivity contribution in [3.63, 3.8) is 0 Å². The van der Waals surface area contributed by atoms with Crippen molar-refractivity contribution < 1.29 is 8.42 Å². The molecule has 26 heavy (non-hydrogen) atoms. The quantitative estimate of drug-likeness (QED) is 0.637. The van der Waals surface area contributed by atoms with Crippen LogP contribution in [0.25, 0.3) is 0 Å². The number of pyridine rings is 1. The van der Waals surface area contributed by atoms with Crippen LogP contribution in [0, 0.1) is 0 Å². The number of aromatic nitrogens is 1. The van der Waals surface area contributed by atoms with Crippen molar-refractivity contribution in [3.8, 4) is 0 Å². The van der Waals surface area contributed by atoms with E-state index in [9.17, 15) is 8.42 Å². The summed E-state index contributed by atoms with van der Waals surface area (Å²) in [6.45, 7) is 0.738. The van der Waals surface area contributed by atoms with Crippen molar-refractivity contribution in [1.82, 2.24) is 4.98 Å². The summed E-state index contributed by atoms with van der Waals surface area (Å²) in [4.78, 5) is 4.27. The average Bonchev–Trinajstić information content (AvgIpc) is 2.64. The molecule has 0 amide bonds. The van der Waals surface area contributed by atoms with Crippen LogP contribution in [0.4, 0.5) is 11.5 Å². The number of rotatable bonds is 7. The second-order valence-electron chi connectivity index (χ2n) is 5.63. The van der Waals surface area contributed by atoms with Crippen LogP contribution in [0.3, 0.4) is 0 Å². The Kier molecular flexibility index (Phi) is 5.75. The van der Waals surface area contributed by atoms with Crippen LogP contribution < -0.4 is 10.0 Å². The van der Waals surface area contributed by atoms with E-state index in [0.29, 0.717) is 11.5 Å². The molecule has 7 heteroatoms. The zero-order chi connectivity index (χ0) is 18.4. The van der Waals surface area contributed by atoms with E-state index in [1.165, 1.54) is 23.9 Å². The standard InChI is InChI=1S/C19H18ClN3O2S/c20-17-8-4-5-9-18(17)26(24,25)23-16-10-11-19(22-14-16)21-13-12-15-6-2-1-3-7-15/h1-11,14,23H,12-13H2,(H,21,22). The maximum absolute atomic E-state index is 12.4. The molecule has 0 unspecified atom stereocenters. The van der Waals surface area contributed by atoms with Crippen molar-refractivity contribution in [3.05, 3.63) is 83.5 Å². The number of halogens is 1. The Morgan fingerprint density at radius 2 is 1.65 bits per heavy atom. The molecule has 0 aliphatic rings. The number of hydrogen-bond acceptors (Lipinski definition) is 4. The SMILES string of the molecule is O=S(=O)(Nc1ccc(NCCc2ccccc2)nc1)c1ccccc1Cl. The van der Waals surface area contributed by atoms with Gasteiger partial charge in [0.1, 0.15) is 10.7 Å². The third-order valence-corrected chi connectivity index (χ3v) is 5.59. The number of nitrogens with one attached hydrogen (secondary N) is 2. The summed E-state index contributed by atoms with van der Waals surface area (Å²) >= 11 is 5.96. The molecule has 0 radical (unpaired) electrons. The first kappa shape index (κ1) is 18.2. The normalized spacial score (nSPS) is 11.1. The molecule has 1 heterocycles.